The van der Waals surface area contributed by atoms with Crippen molar-refractivity contribution in [1.82, 2.24) is 4.90 Å². The first kappa shape index (κ1) is 18.4. The van der Waals surface area contributed by atoms with E-state index in [-0.39, 0.29) is 17.9 Å². The van der Waals surface area contributed by atoms with Gasteiger partial charge in [-0.2, -0.15) is 0 Å². The van der Waals surface area contributed by atoms with Gasteiger partial charge in [0.15, 0.2) is 5.60 Å². The summed E-state index contributed by atoms with van der Waals surface area (Å²) in [4.78, 5) is 25.3. The number of hydrogen-bond acceptors (Lipinski definition) is 3. The normalized spacial score (nSPS) is 18.2. The summed E-state index contributed by atoms with van der Waals surface area (Å²) in [6.07, 6.45) is 2.31. The Bertz CT molecular complexity index is 598. The van der Waals surface area contributed by atoms with Crippen molar-refractivity contribution < 1.29 is 23.8 Å². The molecule has 1 saturated heterocycles. The molecule has 0 aliphatic carbocycles. The SMILES string of the molecule is COC(C)(C(=O)N1CCC(CCC(=O)O)CC1)c1ccccc1F. The first-order valence-electron chi connectivity index (χ1n) is 8.19. The Morgan fingerprint density at radius 3 is 2.50 bits per heavy atom. The van der Waals surface area contributed by atoms with Crippen LogP contribution in [0, 0.1) is 11.7 Å². The molecule has 1 atom stereocenters. The van der Waals surface area contributed by atoms with Crippen molar-refractivity contribution in [2.24, 2.45) is 5.92 Å². The summed E-state index contributed by atoms with van der Waals surface area (Å²) >= 11 is 0. The van der Waals surface area contributed by atoms with Crippen molar-refractivity contribution in [1.29, 1.82) is 0 Å². The molecule has 1 unspecified atom stereocenters. The van der Waals surface area contributed by atoms with Gasteiger partial charge in [0.25, 0.3) is 5.91 Å². The van der Waals surface area contributed by atoms with Crippen LogP contribution in [0.25, 0.3) is 0 Å². The lowest BCUT2D eigenvalue weighted by molar-refractivity contribution is -0.156. The van der Waals surface area contributed by atoms with Gasteiger partial charge in [-0.1, -0.05) is 18.2 Å². The van der Waals surface area contributed by atoms with Crippen LogP contribution >= 0.6 is 0 Å². The molecule has 0 saturated carbocycles. The standard InChI is InChI=1S/C18H24FNO4/c1-18(24-2,14-5-3-4-6-15(14)19)17(23)20-11-9-13(10-12-20)7-8-16(21)22/h3-6,13H,7-12H2,1-2H3,(H,21,22). The minimum atomic E-state index is -1.36. The van der Waals surface area contributed by atoms with Crippen molar-refractivity contribution in [3.63, 3.8) is 0 Å². The zero-order valence-electron chi connectivity index (χ0n) is 14.1. The van der Waals surface area contributed by atoms with Crippen molar-refractivity contribution in [3.8, 4) is 0 Å². The molecule has 0 bridgehead atoms. The Morgan fingerprint density at radius 1 is 1.33 bits per heavy atom. The molecule has 24 heavy (non-hydrogen) atoms. The van der Waals surface area contributed by atoms with Gasteiger partial charge in [-0.25, -0.2) is 4.39 Å². The van der Waals surface area contributed by atoms with E-state index in [1.54, 1.807) is 30.0 Å². The van der Waals surface area contributed by atoms with E-state index in [1.807, 2.05) is 0 Å². The predicted octanol–water partition coefficient (Wildman–Crippen LogP) is 2.79. The largest absolute Gasteiger partial charge is 0.481 e. The maximum atomic E-state index is 14.1. The number of carboxylic acid groups (broad SMARTS) is 1. The first-order chi connectivity index (χ1) is 11.4. The Labute approximate surface area is 141 Å². The number of hydrogen-bond donors (Lipinski definition) is 1. The molecule has 1 aliphatic rings. The van der Waals surface area contributed by atoms with Crippen molar-refractivity contribution in [3.05, 3.63) is 35.6 Å². The van der Waals surface area contributed by atoms with Crippen LogP contribution in [0.1, 0.15) is 38.2 Å². The zero-order chi connectivity index (χ0) is 17.7. The zero-order valence-corrected chi connectivity index (χ0v) is 14.1. The molecule has 2 rings (SSSR count). The fraction of sp³-hybridized carbons (Fsp3) is 0.556. The molecule has 1 amide bonds. The molecule has 1 aliphatic heterocycles. The third-order valence-electron chi connectivity index (χ3n) is 4.87. The molecule has 1 N–H and O–H groups in total. The molecule has 6 heteroatoms. The summed E-state index contributed by atoms with van der Waals surface area (Å²) < 4.78 is 19.5. The van der Waals surface area contributed by atoms with E-state index in [0.29, 0.717) is 25.4 Å². The van der Waals surface area contributed by atoms with E-state index in [9.17, 15) is 14.0 Å². The highest BCUT2D eigenvalue weighted by atomic mass is 19.1. The van der Waals surface area contributed by atoms with Crippen LogP contribution in [0.5, 0.6) is 0 Å². The monoisotopic (exact) mass is 337 g/mol. The Balaban J connectivity index is 2.05. The van der Waals surface area contributed by atoms with E-state index >= 15 is 0 Å². The highest BCUT2D eigenvalue weighted by molar-refractivity contribution is 5.86. The van der Waals surface area contributed by atoms with Gasteiger partial charge >= 0.3 is 5.97 Å². The second kappa shape index (κ2) is 7.75. The molecule has 1 aromatic carbocycles. The molecule has 132 valence electrons. The van der Waals surface area contributed by atoms with Crippen LogP contribution in [-0.2, 0) is 19.9 Å². The third kappa shape index (κ3) is 3.93. The number of aliphatic carboxylic acids is 1. The molecular weight excluding hydrogens is 313 g/mol. The second-order valence-corrected chi connectivity index (χ2v) is 6.39. The Kier molecular flexibility index (Phi) is 5.94. The lowest BCUT2D eigenvalue weighted by atomic mass is 9.89. The molecule has 1 aromatic rings. The third-order valence-corrected chi connectivity index (χ3v) is 4.87. The summed E-state index contributed by atoms with van der Waals surface area (Å²) in [6, 6.07) is 6.14. The van der Waals surface area contributed by atoms with Crippen molar-refractivity contribution in [2.45, 2.75) is 38.2 Å². The number of nitrogens with zero attached hydrogens (tertiary/aromatic N) is 1. The Morgan fingerprint density at radius 2 is 1.96 bits per heavy atom. The van der Waals surface area contributed by atoms with Crippen molar-refractivity contribution >= 4 is 11.9 Å². The van der Waals surface area contributed by atoms with Crippen LogP contribution in [-0.4, -0.2) is 42.1 Å². The average Bonchev–Trinajstić information content (AvgIpc) is 2.59. The number of amides is 1. The Hall–Kier alpha value is -1.95. The quantitative estimate of drug-likeness (QED) is 0.867. The molecule has 0 aromatic heterocycles. The fourth-order valence-electron chi connectivity index (χ4n) is 3.21. The summed E-state index contributed by atoms with van der Waals surface area (Å²) in [5.74, 6) is -1.20. The highest BCUT2D eigenvalue weighted by Gasteiger charge is 2.41. The van der Waals surface area contributed by atoms with E-state index in [1.165, 1.54) is 13.2 Å². The minimum absolute atomic E-state index is 0.156. The van der Waals surface area contributed by atoms with Crippen molar-refractivity contribution in [2.75, 3.05) is 20.2 Å². The van der Waals surface area contributed by atoms with Gasteiger partial charge in [-0.3, -0.25) is 9.59 Å². The number of carbonyl (C=O) groups excluding carboxylic acids is 1. The molecule has 0 radical (unpaired) electrons. The molecule has 5 nitrogen and oxygen atoms in total. The van der Waals surface area contributed by atoms with E-state index in [4.69, 9.17) is 9.84 Å². The number of carbonyl (C=O) groups is 2. The van der Waals surface area contributed by atoms with Gasteiger partial charge in [-0.15, -0.1) is 0 Å². The maximum Gasteiger partial charge on any atom is 0.303 e. The number of methoxy groups -OCH3 is 1. The predicted molar refractivity (Wildman–Crippen MR) is 86.9 cm³/mol. The van der Waals surface area contributed by atoms with Gasteiger partial charge in [-0.05, 0) is 38.2 Å². The second-order valence-electron chi connectivity index (χ2n) is 6.39. The van der Waals surface area contributed by atoms with Crippen LogP contribution in [0.3, 0.4) is 0 Å². The molecular formula is C18H24FNO4. The molecule has 1 fully saturated rings. The lowest BCUT2D eigenvalue weighted by Gasteiger charge is -2.38. The number of halogens is 1. The number of rotatable bonds is 6. The summed E-state index contributed by atoms with van der Waals surface area (Å²) in [5.41, 5.74) is -1.13. The lowest BCUT2D eigenvalue weighted by Crippen LogP contribution is -2.49. The maximum absolute atomic E-state index is 14.1. The number of benzene rings is 1. The molecule has 1 heterocycles. The van der Waals surface area contributed by atoms with Crippen LogP contribution in [0.2, 0.25) is 0 Å². The van der Waals surface area contributed by atoms with Crippen LogP contribution in [0.15, 0.2) is 24.3 Å². The summed E-state index contributed by atoms with van der Waals surface area (Å²) in [5, 5.41) is 8.76. The summed E-state index contributed by atoms with van der Waals surface area (Å²) in [7, 11) is 1.41. The highest BCUT2D eigenvalue weighted by Crippen LogP contribution is 2.31. The number of piperidine rings is 1. The van der Waals surface area contributed by atoms with Crippen LogP contribution < -0.4 is 0 Å². The smallest absolute Gasteiger partial charge is 0.303 e. The number of carboxylic acids is 1. The minimum Gasteiger partial charge on any atom is -0.481 e. The fourth-order valence-corrected chi connectivity index (χ4v) is 3.21. The van der Waals surface area contributed by atoms with Gasteiger partial charge < -0.3 is 14.7 Å². The van der Waals surface area contributed by atoms with Gasteiger partial charge in [0.1, 0.15) is 5.82 Å². The van der Waals surface area contributed by atoms with Gasteiger partial charge in [0, 0.05) is 32.2 Å². The molecule has 0 spiro atoms. The number of likely N-dealkylation sites (tertiary alicyclic amines) is 1. The van der Waals surface area contributed by atoms with Gasteiger partial charge in [0.2, 0.25) is 0 Å². The first-order valence-corrected chi connectivity index (χ1v) is 8.19. The van der Waals surface area contributed by atoms with Crippen LogP contribution in [0.4, 0.5) is 4.39 Å². The number of ether oxygens (including phenoxy) is 1. The van der Waals surface area contributed by atoms with E-state index in [0.717, 1.165) is 12.8 Å². The van der Waals surface area contributed by atoms with E-state index in [2.05, 4.69) is 0 Å². The topological polar surface area (TPSA) is 66.8 Å². The van der Waals surface area contributed by atoms with E-state index < -0.39 is 17.4 Å². The summed E-state index contributed by atoms with van der Waals surface area (Å²) in [6.45, 7) is 2.66. The average molecular weight is 337 g/mol. The van der Waals surface area contributed by atoms with Gasteiger partial charge in [0.05, 0.1) is 0 Å².